The predicted molar refractivity (Wildman–Crippen MR) is 117 cm³/mol. The summed E-state index contributed by atoms with van der Waals surface area (Å²) in [6.07, 6.45) is 2.27. The van der Waals surface area contributed by atoms with Crippen molar-refractivity contribution in [3.8, 4) is 34.5 Å². The Balaban J connectivity index is 2.17. The van der Waals surface area contributed by atoms with Crippen LogP contribution in [0, 0.1) is 0 Å². The third-order valence-corrected chi connectivity index (χ3v) is 5.47. The second-order valence-electron chi connectivity index (χ2n) is 6.90. The molecule has 0 unspecified atom stereocenters. The van der Waals surface area contributed by atoms with Crippen molar-refractivity contribution in [3.05, 3.63) is 41.0 Å². The van der Waals surface area contributed by atoms with E-state index in [4.69, 9.17) is 28.4 Å². The van der Waals surface area contributed by atoms with Crippen molar-refractivity contribution < 1.29 is 33.2 Å². The summed E-state index contributed by atoms with van der Waals surface area (Å²) < 4.78 is 32.9. The van der Waals surface area contributed by atoms with Gasteiger partial charge in [0.15, 0.2) is 28.8 Å². The summed E-state index contributed by atoms with van der Waals surface area (Å²) in [5.74, 6) is 2.74. The molecule has 0 atom stereocenters. The van der Waals surface area contributed by atoms with E-state index in [1.807, 2.05) is 12.1 Å². The number of Topliss-reactive ketones (excluding diaryl/α,β-unsaturated/α-hetero) is 1. The SMILES string of the molecule is COc1ccc(C(=O)C2=C(c3ccc(OC)c(OC)c3OC)CCC2)c(OC)c1OC. The molecular formula is C24H28O7. The molecule has 2 aromatic rings. The molecule has 0 N–H and O–H groups in total. The fraction of sp³-hybridized carbons (Fsp3) is 0.375. The zero-order chi connectivity index (χ0) is 22.5. The molecule has 166 valence electrons. The van der Waals surface area contributed by atoms with E-state index in [0.717, 1.165) is 29.6 Å². The molecule has 0 aromatic heterocycles. The normalized spacial score (nSPS) is 13.1. The Labute approximate surface area is 182 Å². The van der Waals surface area contributed by atoms with Gasteiger partial charge in [0.05, 0.1) is 48.2 Å². The summed E-state index contributed by atoms with van der Waals surface area (Å²) in [4.78, 5) is 13.6. The molecule has 0 saturated heterocycles. The molecule has 7 heteroatoms. The lowest BCUT2D eigenvalue weighted by Crippen LogP contribution is -2.08. The first-order valence-electron chi connectivity index (χ1n) is 9.91. The summed E-state index contributed by atoms with van der Waals surface area (Å²) in [5.41, 5.74) is 2.89. The molecule has 1 aliphatic carbocycles. The number of carbonyl (C=O) groups excluding carboxylic acids is 1. The van der Waals surface area contributed by atoms with Gasteiger partial charge in [-0.1, -0.05) is 0 Å². The number of hydrogen-bond acceptors (Lipinski definition) is 7. The minimum atomic E-state index is -0.109. The van der Waals surface area contributed by atoms with Crippen LogP contribution in [0.2, 0.25) is 0 Å². The van der Waals surface area contributed by atoms with Crippen molar-refractivity contribution in [2.75, 3.05) is 42.7 Å². The lowest BCUT2D eigenvalue weighted by molar-refractivity contribution is 0.102. The standard InChI is InChI=1S/C24H28O7/c1-26-18-12-10-16(21(28-3)23(18)30-5)14-8-7-9-15(14)20(25)17-11-13-19(27-2)24(31-6)22(17)29-4/h10-13H,7-9H2,1-6H3. The third kappa shape index (κ3) is 3.87. The van der Waals surface area contributed by atoms with Gasteiger partial charge in [0, 0.05) is 11.1 Å². The van der Waals surface area contributed by atoms with Crippen LogP contribution in [0.4, 0.5) is 0 Å². The summed E-state index contributed by atoms with van der Waals surface area (Å²) in [6, 6.07) is 7.14. The zero-order valence-corrected chi connectivity index (χ0v) is 18.8. The molecule has 0 spiro atoms. The van der Waals surface area contributed by atoms with Crippen molar-refractivity contribution in [2.45, 2.75) is 19.3 Å². The van der Waals surface area contributed by atoms with Gasteiger partial charge in [0.2, 0.25) is 11.5 Å². The van der Waals surface area contributed by atoms with Crippen LogP contribution in [0.3, 0.4) is 0 Å². The van der Waals surface area contributed by atoms with Gasteiger partial charge in [-0.3, -0.25) is 4.79 Å². The van der Waals surface area contributed by atoms with Gasteiger partial charge in [-0.15, -0.1) is 0 Å². The number of methoxy groups -OCH3 is 6. The van der Waals surface area contributed by atoms with E-state index >= 15 is 0 Å². The van der Waals surface area contributed by atoms with Crippen LogP contribution in [-0.2, 0) is 0 Å². The van der Waals surface area contributed by atoms with E-state index in [0.29, 0.717) is 46.5 Å². The van der Waals surface area contributed by atoms with E-state index in [9.17, 15) is 4.79 Å². The Morgan fingerprint density at radius 1 is 0.645 bits per heavy atom. The Hall–Kier alpha value is -3.35. The van der Waals surface area contributed by atoms with E-state index < -0.39 is 0 Å². The predicted octanol–water partition coefficient (Wildman–Crippen LogP) is 4.56. The van der Waals surface area contributed by atoms with Gasteiger partial charge in [-0.05, 0) is 49.1 Å². The van der Waals surface area contributed by atoms with Gasteiger partial charge in [0.1, 0.15) is 0 Å². The van der Waals surface area contributed by atoms with Crippen molar-refractivity contribution in [2.24, 2.45) is 0 Å². The zero-order valence-electron chi connectivity index (χ0n) is 18.8. The van der Waals surface area contributed by atoms with Crippen LogP contribution < -0.4 is 28.4 Å². The number of ketones is 1. The van der Waals surface area contributed by atoms with Gasteiger partial charge >= 0.3 is 0 Å². The minimum absolute atomic E-state index is 0.109. The summed E-state index contributed by atoms with van der Waals surface area (Å²) >= 11 is 0. The van der Waals surface area contributed by atoms with Crippen LogP contribution in [0.5, 0.6) is 34.5 Å². The van der Waals surface area contributed by atoms with Crippen LogP contribution in [-0.4, -0.2) is 48.4 Å². The highest BCUT2D eigenvalue weighted by atomic mass is 16.5. The Kier molecular flexibility index (Phi) is 6.95. The molecule has 0 bridgehead atoms. The average Bonchev–Trinajstić information content (AvgIpc) is 3.30. The smallest absolute Gasteiger partial charge is 0.204 e. The third-order valence-electron chi connectivity index (χ3n) is 5.47. The molecule has 31 heavy (non-hydrogen) atoms. The quantitative estimate of drug-likeness (QED) is 0.542. The molecule has 0 fully saturated rings. The van der Waals surface area contributed by atoms with Gasteiger partial charge in [-0.2, -0.15) is 0 Å². The Morgan fingerprint density at radius 2 is 1.19 bits per heavy atom. The van der Waals surface area contributed by atoms with E-state index in [2.05, 4.69) is 0 Å². The monoisotopic (exact) mass is 428 g/mol. The molecule has 0 radical (unpaired) electrons. The maximum absolute atomic E-state index is 13.6. The maximum atomic E-state index is 13.6. The lowest BCUT2D eigenvalue weighted by Gasteiger charge is -2.18. The first kappa shape index (κ1) is 22.3. The van der Waals surface area contributed by atoms with E-state index in [1.54, 1.807) is 40.6 Å². The van der Waals surface area contributed by atoms with Gasteiger partial charge < -0.3 is 28.4 Å². The summed E-state index contributed by atoms with van der Waals surface area (Å²) in [7, 11) is 9.28. The molecule has 2 aromatic carbocycles. The molecule has 1 aliphatic rings. The minimum Gasteiger partial charge on any atom is -0.493 e. The number of ether oxygens (including phenoxy) is 6. The fourth-order valence-electron chi connectivity index (χ4n) is 4.07. The van der Waals surface area contributed by atoms with Crippen molar-refractivity contribution in [1.82, 2.24) is 0 Å². The Bertz CT molecular complexity index is 1010. The second kappa shape index (κ2) is 9.64. The van der Waals surface area contributed by atoms with E-state index in [-0.39, 0.29) is 5.78 Å². The Morgan fingerprint density at radius 3 is 1.74 bits per heavy atom. The number of benzene rings is 2. The van der Waals surface area contributed by atoms with Gasteiger partial charge in [-0.25, -0.2) is 0 Å². The summed E-state index contributed by atoms with van der Waals surface area (Å²) in [5, 5.41) is 0. The van der Waals surface area contributed by atoms with E-state index in [1.165, 1.54) is 14.2 Å². The number of hydrogen-bond donors (Lipinski definition) is 0. The van der Waals surface area contributed by atoms with Crippen LogP contribution in [0.15, 0.2) is 29.8 Å². The largest absolute Gasteiger partial charge is 0.493 e. The van der Waals surface area contributed by atoms with Gasteiger partial charge in [0.25, 0.3) is 0 Å². The van der Waals surface area contributed by atoms with Crippen LogP contribution >= 0.6 is 0 Å². The lowest BCUT2D eigenvalue weighted by atomic mass is 9.94. The molecule has 3 rings (SSSR count). The van der Waals surface area contributed by atoms with Crippen molar-refractivity contribution >= 4 is 11.4 Å². The maximum Gasteiger partial charge on any atom is 0.204 e. The highest BCUT2D eigenvalue weighted by Crippen LogP contribution is 2.48. The number of allylic oxidation sites excluding steroid dienone is 2. The fourth-order valence-corrected chi connectivity index (χ4v) is 4.07. The topological polar surface area (TPSA) is 72.5 Å². The first-order valence-corrected chi connectivity index (χ1v) is 9.91. The summed E-state index contributed by atoms with van der Waals surface area (Å²) in [6.45, 7) is 0. The molecule has 0 amide bonds. The first-order chi connectivity index (χ1) is 15.1. The average molecular weight is 428 g/mol. The second-order valence-corrected chi connectivity index (χ2v) is 6.90. The molecular weight excluding hydrogens is 400 g/mol. The molecule has 0 aliphatic heterocycles. The van der Waals surface area contributed by atoms with Crippen LogP contribution in [0.25, 0.3) is 5.57 Å². The van der Waals surface area contributed by atoms with Crippen LogP contribution in [0.1, 0.15) is 35.2 Å². The van der Waals surface area contributed by atoms with Crippen molar-refractivity contribution in [3.63, 3.8) is 0 Å². The molecule has 0 heterocycles. The molecule has 0 saturated carbocycles. The highest BCUT2D eigenvalue weighted by molar-refractivity contribution is 6.16. The number of rotatable bonds is 9. The number of carbonyl (C=O) groups is 1. The van der Waals surface area contributed by atoms with Crippen molar-refractivity contribution in [1.29, 1.82) is 0 Å². The highest BCUT2D eigenvalue weighted by Gasteiger charge is 2.30. The molecule has 7 nitrogen and oxygen atoms in total.